The molecule has 1 N–H and O–H groups in total. The zero-order valence-corrected chi connectivity index (χ0v) is 12.8. The summed E-state index contributed by atoms with van der Waals surface area (Å²) >= 11 is 0. The molecule has 0 bridgehead atoms. The molecule has 110 valence electrons. The van der Waals surface area contributed by atoms with Gasteiger partial charge in [0.2, 0.25) is 0 Å². The average molecular weight is 296 g/mol. The number of carboxylic acids is 1. The van der Waals surface area contributed by atoms with E-state index in [0.29, 0.717) is 5.56 Å². The van der Waals surface area contributed by atoms with E-state index in [1.54, 1.807) is 19.1 Å². The molecule has 1 aromatic rings. The fourth-order valence-corrected chi connectivity index (χ4v) is 4.09. The fourth-order valence-electron chi connectivity index (χ4n) is 2.53. The third kappa shape index (κ3) is 2.59. The van der Waals surface area contributed by atoms with Gasteiger partial charge in [0.1, 0.15) is 0 Å². The highest BCUT2D eigenvalue weighted by atomic mass is 32.2. The molecule has 1 aromatic carbocycles. The van der Waals surface area contributed by atoms with Crippen LogP contribution < -0.4 is 0 Å². The minimum atomic E-state index is -3.43. The van der Waals surface area contributed by atoms with Crippen molar-refractivity contribution in [2.45, 2.75) is 50.3 Å². The summed E-state index contributed by atoms with van der Waals surface area (Å²) in [5.41, 5.74) is 1.41. The molecule has 1 fully saturated rings. The van der Waals surface area contributed by atoms with Crippen molar-refractivity contribution in [2.75, 3.05) is 5.75 Å². The van der Waals surface area contributed by atoms with E-state index in [1.807, 2.05) is 13.8 Å². The van der Waals surface area contributed by atoms with Gasteiger partial charge >= 0.3 is 5.97 Å². The van der Waals surface area contributed by atoms with E-state index < -0.39 is 15.8 Å². The van der Waals surface area contributed by atoms with Crippen LogP contribution in [0.5, 0.6) is 0 Å². The van der Waals surface area contributed by atoms with Crippen molar-refractivity contribution < 1.29 is 18.3 Å². The Bertz CT molecular complexity index is 640. The largest absolute Gasteiger partial charge is 0.478 e. The summed E-state index contributed by atoms with van der Waals surface area (Å²) in [4.78, 5) is 11.7. The lowest BCUT2D eigenvalue weighted by molar-refractivity contribution is 0.0695. The number of benzene rings is 1. The Morgan fingerprint density at radius 2 is 1.95 bits per heavy atom. The number of rotatable bonds is 5. The van der Waals surface area contributed by atoms with Crippen molar-refractivity contribution in [1.29, 1.82) is 0 Å². The first-order chi connectivity index (χ1) is 9.29. The van der Waals surface area contributed by atoms with Gasteiger partial charge in [-0.05, 0) is 41.9 Å². The summed E-state index contributed by atoms with van der Waals surface area (Å²) in [5.74, 6) is -0.923. The molecule has 0 amide bonds. The Labute approximate surface area is 119 Å². The SMILES string of the molecule is CCS(=O)(=O)c1c(C(C)C)ccc(C(=O)O)c1C1CC1. The molecular weight excluding hydrogens is 276 g/mol. The van der Waals surface area contributed by atoms with Crippen LogP contribution in [-0.2, 0) is 9.84 Å². The lowest BCUT2D eigenvalue weighted by atomic mass is 9.94. The van der Waals surface area contributed by atoms with E-state index in [0.717, 1.165) is 18.4 Å². The first-order valence-corrected chi connectivity index (χ1v) is 8.57. The molecule has 1 saturated carbocycles. The zero-order valence-electron chi connectivity index (χ0n) is 12.0. The number of hydrogen-bond acceptors (Lipinski definition) is 3. The zero-order chi connectivity index (χ0) is 15.1. The topological polar surface area (TPSA) is 71.4 Å². The molecule has 0 atom stereocenters. The van der Waals surface area contributed by atoms with Crippen LogP contribution in [0, 0.1) is 0 Å². The third-order valence-electron chi connectivity index (χ3n) is 3.76. The van der Waals surface area contributed by atoms with Gasteiger partial charge in [-0.1, -0.05) is 26.8 Å². The summed E-state index contributed by atoms with van der Waals surface area (Å²) < 4.78 is 24.9. The van der Waals surface area contributed by atoms with Crippen LogP contribution >= 0.6 is 0 Å². The van der Waals surface area contributed by atoms with Crippen molar-refractivity contribution >= 4 is 15.8 Å². The summed E-state index contributed by atoms with van der Waals surface area (Å²) in [6.07, 6.45) is 1.74. The maximum atomic E-state index is 12.5. The molecule has 4 nitrogen and oxygen atoms in total. The lowest BCUT2D eigenvalue weighted by Gasteiger charge is -2.19. The minimum Gasteiger partial charge on any atom is -0.478 e. The van der Waals surface area contributed by atoms with Crippen LogP contribution in [-0.4, -0.2) is 25.2 Å². The van der Waals surface area contributed by atoms with Crippen LogP contribution in [0.2, 0.25) is 0 Å². The summed E-state index contributed by atoms with van der Waals surface area (Å²) in [7, 11) is -3.43. The van der Waals surface area contributed by atoms with Crippen molar-refractivity contribution in [1.82, 2.24) is 0 Å². The Balaban J connectivity index is 2.83. The molecule has 0 unspecified atom stereocenters. The first kappa shape index (κ1) is 15.0. The molecule has 1 aliphatic rings. The van der Waals surface area contributed by atoms with E-state index in [2.05, 4.69) is 0 Å². The van der Waals surface area contributed by atoms with Crippen LogP contribution in [0.15, 0.2) is 17.0 Å². The summed E-state index contributed by atoms with van der Waals surface area (Å²) in [5, 5.41) is 9.34. The molecule has 2 rings (SSSR count). The smallest absolute Gasteiger partial charge is 0.336 e. The molecule has 1 aliphatic carbocycles. The molecule has 0 heterocycles. The molecule has 20 heavy (non-hydrogen) atoms. The average Bonchev–Trinajstić information content (AvgIpc) is 3.20. The van der Waals surface area contributed by atoms with E-state index in [-0.39, 0.29) is 28.0 Å². The normalized spacial score (nSPS) is 15.6. The second-order valence-corrected chi connectivity index (χ2v) is 7.80. The standard InChI is InChI=1S/C15H20O4S/c1-4-20(18,19)14-11(9(2)3)7-8-12(15(16)17)13(14)10-5-6-10/h7-10H,4-6H2,1-3H3,(H,16,17). The highest BCUT2D eigenvalue weighted by Gasteiger charge is 2.35. The van der Waals surface area contributed by atoms with Crippen molar-refractivity contribution in [3.05, 3.63) is 28.8 Å². The Kier molecular flexibility index (Phi) is 3.91. The number of carboxylic acid groups (broad SMARTS) is 1. The molecule has 0 aliphatic heterocycles. The predicted octanol–water partition coefficient (Wildman–Crippen LogP) is 3.18. The van der Waals surface area contributed by atoms with Gasteiger partial charge in [0.25, 0.3) is 0 Å². The van der Waals surface area contributed by atoms with Crippen LogP contribution in [0.25, 0.3) is 0 Å². The summed E-state index contributed by atoms with van der Waals surface area (Å²) in [6, 6.07) is 3.21. The van der Waals surface area contributed by atoms with Crippen molar-refractivity contribution in [3.8, 4) is 0 Å². The van der Waals surface area contributed by atoms with E-state index in [9.17, 15) is 18.3 Å². The van der Waals surface area contributed by atoms with Gasteiger partial charge < -0.3 is 5.11 Å². The number of hydrogen-bond donors (Lipinski definition) is 1. The first-order valence-electron chi connectivity index (χ1n) is 6.92. The van der Waals surface area contributed by atoms with Crippen LogP contribution in [0.1, 0.15) is 66.9 Å². The Morgan fingerprint density at radius 3 is 2.35 bits per heavy atom. The highest BCUT2D eigenvalue weighted by molar-refractivity contribution is 7.91. The van der Waals surface area contributed by atoms with Gasteiger partial charge in [0.15, 0.2) is 9.84 Å². The maximum absolute atomic E-state index is 12.5. The molecule has 5 heteroatoms. The minimum absolute atomic E-state index is 0.00445. The van der Waals surface area contributed by atoms with E-state index in [4.69, 9.17) is 0 Å². The van der Waals surface area contributed by atoms with E-state index >= 15 is 0 Å². The molecular formula is C15H20O4S. The van der Waals surface area contributed by atoms with Gasteiger partial charge in [0.05, 0.1) is 16.2 Å². The molecule has 0 aromatic heterocycles. The Hall–Kier alpha value is -1.36. The monoisotopic (exact) mass is 296 g/mol. The van der Waals surface area contributed by atoms with E-state index in [1.165, 1.54) is 0 Å². The van der Waals surface area contributed by atoms with Gasteiger partial charge in [-0.3, -0.25) is 0 Å². The van der Waals surface area contributed by atoms with Gasteiger partial charge in [0, 0.05) is 0 Å². The molecule has 0 spiro atoms. The van der Waals surface area contributed by atoms with Gasteiger partial charge in [-0.15, -0.1) is 0 Å². The van der Waals surface area contributed by atoms with Gasteiger partial charge in [-0.2, -0.15) is 0 Å². The Morgan fingerprint density at radius 1 is 1.35 bits per heavy atom. The highest BCUT2D eigenvalue weighted by Crippen LogP contribution is 2.46. The predicted molar refractivity (Wildman–Crippen MR) is 77.2 cm³/mol. The van der Waals surface area contributed by atoms with Gasteiger partial charge in [-0.25, -0.2) is 13.2 Å². The van der Waals surface area contributed by atoms with Crippen molar-refractivity contribution in [2.24, 2.45) is 0 Å². The lowest BCUT2D eigenvalue weighted by Crippen LogP contribution is -2.15. The number of aromatic carboxylic acids is 1. The molecule has 0 saturated heterocycles. The maximum Gasteiger partial charge on any atom is 0.336 e. The number of sulfone groups is 1. The van der Waals surface area contributed by atoms with Crippen LogP contribution in [0.4, 0.5) is 0 Å². The third-order valence-corrected chi connectivity index (χ3v) is 5.59. The van der Waals surface area contributed by atoms with Crippen molar-refractivity contribution in [3.63, 3.8) is 0 Å². The fraction of sp³-hybridized carbons (Fsp3) is 0.533. The summed E-state index contributed by atoms with van der Waals surface area (Å²) in [6.45, 7) is 5.46. The second-order valence-electron chi connectivity index (χ2n) is 5.58. The molecule has 0 radical (unpaired) electrons. The van der Waals surface area contributed by atoms with Crippen LogP contribution in [0.3, 0.4) is 0 Å². The quantitative estimate of drug-likeness (QED) is 0.905. The second kappa shape index (κ2) is 5.20. The number of carbonyl (C=O) groups is 1.